The Balaban J connectivity index is 1.28. The molecular weight excluding hydrogens is 288 g/mol. The van der Waals surface area contributed by atoms with Gasteiger partial charge in [-0.2, -0.15) is 0 Å². The van der Waals surface area contributed by atoms with Gasteiger partial charge in [0.05, 0.1) is 5.92 Å². The molecule has 23 heavy (non-hydrogen) atoms. The van der Waals surface area contributed by atoms with E-state index in [1.807, 2.05) is 0 Å². The topological polar surface area (TPSA) is 52.6 Å². The lowest BCUT2D eigenvalue weighted by molar-refractivity contribution is -0.143. The fraction of sp³-hybridized carbons (Fsp3) is 0.947. The summed E-state index contributed by atoms with van der Waals surface area (Å²) in [5.41, 5.74) is 0. The molecule has 3 aliphatic rings. The molecule has 4 nitrogen and oxygen atoms in total. The summed E-state index contributed by atoms with van der Waals surface area (Å²) in [4.78, 5) is 13.7. The van der Waals surface area contributed by atoms with Gasteiger partial charge in [0.25, 0.3) is 0 Å². The normalized spacial score (nSPS) is 36.0. The number of carbonyl (C=O) groups is 1. The van der Waals surface area contributed by atoms with Crippen molar-refractivity contribution in [2.24, 2.45) is 23.7 Å². The summed E-state index contributed by atoms with van der Waals surface area (Å²) < 4.78 is 0. The van der Waals surface area contributed by atoms with Gasteiger partial charge in [-0.15, -0.1) is 0 Å². The van der Waals surface area contributed by atoms with Crippen LogP contribution in [-0.2, 0) is 4.79 Å². The first-order chi connectivity index (χ1) is 11.2. The lowest BCUT2D eigenvalue weighted by Gasteiger charge is -2.36. The maximum atomic E-state index is 11.0. The van der Waals surface area contributed by atoms with Crippen LogP contribution in [0.25, 0.3) is 0 Å². The molecule has 3 rings (SSSR count). The van der Waals surface area contributed by atoms with E-state index in [2.05, 4.69) is 17.1 Å². The van der Waals surface area contributed by atoms with Crippen molar-refractivity contribution in [3.63, 3.8) is 0 Å². The van der Waals surface area contributed by atoms with E-state index in [0.717, 1.165) is 49.5 Å². The Morgan fingerprint density at radius 1 is 1.09 bits per heavy atom. The first-order valence-electron chi connectivity index (χ1n) is 9.84. The summed E-state index contributed by atoms with van der Waals surface area (Å²) in [6.45, 7) is 7.21. The van der Waals surface area contributed by atoms with E-state index in [1.165, 1.54) is 51.9 Å². The summed E-state index contributed by atoms with van der Waals surface area (Å²) in [6, 6.07) is 0.822. The predicted octanol–water partition coefficient (Wildman–Crippen LogP) is 2.98. The maximum absolute atomic E-state index is 11.0. The second-order valence-corrected chi connectivity index (χ2v) is 8.22. The minimum atomic E-state index is -0.585. The van der Waals surface area contributed by atoms with Gasteiger partial charge in [-0.05, 0) is 82.3 Å². The molecule has 2 aliphatic carbocycles. The van der Waals surface area contributed by atoms with Crippen LogP contribution < -0.4 is 5.32 Å². The van der Waals surface area contributed by atoms with Crippen LogP contribution in [-0.4, -0.2) is 48.2 Å². The van der Waals surface area contributed by atoms with Crippen molar-refractivity contribution in [2.45, 2.75) is 64.3 Å². The zero-order valence-electron chi connectivity index (χ0n) is 14.7. The lowest BCUT2D eigenvalue weighted by Crippen LogP contribution is -2.40. The molecule has 2 N–H and O–H groups in total. The van der Waals surface area contributed by atoms with Crippen molar-refractivity contribution in [3.8, 4) is 0 Å². The average Bonchev–Trinajstić information content (AvgIpc) is 3.33. The number of aliphatic carboxylic acids is 1. The second-order valence-electron chi connectivity index (χ2n) is 8.22. The molecule has 0 radical (unpaired) electrons. The summed E-state index contributed by atoms with van der Waals surface area (Å²) in [6.07, 6.45) is 9.40. The van der Waals surface area contributed by atoms with Crippen LogP contribution in [0.5, 0.6) is 0 Å². The molecule has 2 saturated carbocycles. The van der Waals surface area contributed by atoms with E-state index in [-0.39, 0.29) is 5.92 Å². The van der Waals surface area contributed by atoms with Crippen LogP contribution in [0.3, 0.4) is 0 Å². The number of piperidine rings is 1. The molecule has 3 fully saturated rings. The van der Waals surface area contributed by atoms with Crippen LogP contribution >= 0.6 is 0 Å². The maximum Gasteiger partial charge on any atom is 0.306 e. The Morgan fingerprint density at radius 3 is 2.35 bits per heavy atom. The van der Waals surface area contributed by atoms with Gasteiger partial charge >= 0.3 is 5.97 Å². The van der Waals surface area contributed by atoms with E-state index < -0.39 is 5.97 Å². The Labute approximate surface area is 141 Å². The van der Waals surface area contributed by atoms with Crippen molar-refractivity contribution in [2.75, 3.05) is 26.2 Å². The highest BCUT2D eigenvalue weighted by atomic mass is 16.4. The number of hydrogen-bond donors (Lipinski definition) is 2. The van der Waals surface area contributed by atoms with Crippen LogP contribution in [0, 0.1) is 23.7 Å². The Morgan fingerprint density at radius 2 is 1.78 bits per heavy atom. The highest BCUT2D eigenvalue weighted by molar-refractivity contribution is 5.69. The smallest absolute Gasteiger partial charge is 0.306 e. The minimum Gasteiger partial charge on any atom is -0.481 e. The molecule has 0 unspecified atom stereocenters. The third-order valence-electron chi connectivity index (χ3n) is 6.54. The fourth-order valence-corrected chi connectivity index (χ4v) is 4.60. The standard InChI is InChI=1S/C19H34N2O2/c1-2-16-11-18(16)20-12-14-7-9-21(10-8-14)13-15-3-5-17(6-4-15)19(22)23/h14-18,20H,2-13H2,1H3,(H,22,23)/t15?,16-,17?,18-/m1/s1. The molecule has 0 aromatic heterocycles. The lowest BCUT2D eigenvalue weighted by atomic mass is 9.81. The van der Waals surface area contributed by atoms with Crippen molar-refractivity contribution < 1.29 is 9.90 Å². The van der Waals surface area contributed by atoms with Gasteiger partial charge in [0, 0.05) is 12.6 Å². The number of likely N-dealkylation sites (tertiary alicyclic amines) is 1. The number of carboxylic acid groups (broad SMARTS) is 1. The molecular formula is C19H34N2O2. The zero-order valence-corrected chi connectivity index (χ0v) is 14.7. The number of hydrogen-bond acceptors (Lipinski definition) is 3. The van der Waals surface area contributed by atoms with Crippen LogP contribution in [0.2, 0.25) is 0 Å². The first-order valence-corrected chi connectivity index (χ1v) is 9.84. The van der Waals surface area contributed by atoms with Crippen LogP contribution in [0.15, 0.2) is 0 Å². The minimum absolute atomic E-state index is 0.0718. The van der Waals surface area contributed by atoms with Gasteiger partial charge in [-0.25, -0.2) is 0 Å². The SMILES string of the molecule is CC[C@@H]1C[C@H]1NCC1CCN(CC2CCC(C(=O)O)CC2)CC1. The van der Waals surface area contributed by atoms with Gasteiger partial charge in [0.15, 0.2) is 0 Å². The monoisotopic (exact) mass is 322 g/mol. The largest absolute Gasteiger partial charge is 0.481 e. The molecule has 0 aromatic carbocycles. The Kier molecular flexibility index (Phi) is 5.97. The third-order valence-corrected chi connectivity index (χ3v) is 6.54. The van der Waals surface area contributed by atoms with E-state index >= 15 is 0 Å². The fourth-order valence-electron chi connectivity index (χ4n) is 4.60. The number of carboxylic acids is 1. The van der Waals surface area contributed by atoms with Gasteiger partial charge in [-0.3, -0.25) is 4.79 Å². The number of nitrogens with zero attached hydrogens (tertiary/aromatic N) is 1. The van der Waals surface area contributed by atoms with E-state index in [1.54, 1.807) is 0 Å². The van der Waals surface area contributed by atoms with Crippen molar-refractivity contribution >= 4 is 5.97 Å². The molecule has 0 amide bonds. The van der Waals surface area contributed by atoms with Crippen LogP contribution in [0.1, 0.15) is 58.3 Å². The Hall–Kier alpha value is -0.610. The molecule has 0 spiro atoms. The van der Waals surface area contributed by atoms with Gasteiger partial charge < -0.3 is 15.3 Å². The summed E-state index contributed by atoms with van der Waals surface area (Å²) in [5, 5.41) is 12.8. The Bertz CT molecular complexity index is 385. The number of nitrogens with one attached hydrogen (secondary N) is 1. The van der Waals surface area contributed by atoms with Crippen molar-refractivity contribution in [3.05, 3.63) is 0 Å². The molecule has 132 valence electrons. The number of rotatable bonds is 7. The van der Waals surface area contributed by atoms with E-state index in [0.29, 0.717) is 0 Å². The first kappa shape index (κ1) is 17.2. The zero-order chi connectivity index (χ0) is 16.2. The van der Waals surface area contributed by atoms with Crippen molar-refractivity contribution in [1.82, 2.24) is 10.2 Å². The molecule has 1 saturated heterocycles. The van der Waals surface area contributed by atoms with Gasteiger partial charge in [0.1, 0.15) is 0 Å². The summed E-state index contributed by atoms with van der Waals surface area (Å²) in [7, 11) is 0. The van der Waals surface area contributed by atoms with Gasteiger partial charge in [-0.1, -0.05) is 13.3 Å². The quantitative estimate of drug-likeness (QED) is 0.756. The molecule has 0 aromatic rings. The highest BCUT2D eigenvalue weighted by Crippen LogP contribution is 2.34. The highest BCUT2D eigenvalue weighted by Gasteiger charge is 2.35. The molecule has 0 bridgehead atoms. The van der Waals surface area contributed by atoms with Crippen LogP contribution in [0.4, 0.5) is 0 Å². The van der Waals surface area contributed by atoms with Gasteiger partial charge in [0.2, 0.25) is 0 Å². The average molecular weight is 322 g/mol. The van der Waals surface area contributed by atoms with E-state index in [9.17, 15) is 4.79 Å². The second kappa shape index (κ2) is 7.98. The summed E-state index contributed by atoms with van der Waals surface area (Å²) >= 11 is 0. The predicted molar refractivity (Wildman–Crippen MR) is 92.4 cm³/mol. The third kappa shape index (κ3) is 4.93. The molecule has 2 atom stereocenters. The summed E-state index contributed by atoms with van der Waals surface area (Å²) in [5.74, 6) is 1.90. The molecule has 1 aliphatic heterocycles. The van der Waals surface area contributed by atoms with Crippen molar-refractivity contribution in [1.29, 1.82) is 0 Å². The molecule has 4 heteroatoms. The molecule has 1 heterocycles. The van der Waals surface area contributed by atoms with E-state index in [4.69, 9.17) is 5.11 Å².